The van der Waals surface area contributed by atoms with Crippen molar-refractivity contribution < 1.29 is 14.0 Å². The van der Waals surface area contributed by atoms with E-state index in [0.717, 1.165) is 19.4 Å². The van der Waals surface area contributed by atoms with Crippen LogP contribution in [0.5, 0.6) is 0 Å². The van der Waals surface area contributed by atoms with E-state index in [9.17, 15) is 0 Å². The first-order chi connectivity index (χ1) is 7.81. The lowest BCUT2D eigenvalue weighted by molar-refractivity contribution is 0.0679. The van der Waals surface area contributed by atoms with E-state index in [2.05, 4.69) is 10.1 Å². The van der Waals surface area contributed by atoms with Gasteiger partial charge in [0, 0.05) is 13.2 Å². The number of rotatable bonds is 4. The van der Waals surface area contributed by atoms with Gasteiger partial charge in [0.1, 0.15) is 6.10 Å². The maximum absolute atomic E-state index is 5.41. The molecule has 1 aliphatic rings. The molecule has 0 radical (unpaired) electrons. The molecule has 1 aromatic rings. The van der Waals surface area contributed by atoms with Gasteiger partial charge in [-0.15, -0.1) is 0 Å². The minimum Gasteiger partial charge on any atom is -0.381 e. The van der Waals surface area contributed by atoms with Crippen molar-refractivity contribution in [3.8, 4) is 0 Å². The molecule has 2 atom stereocenters. The maximum Gasteiger partial charge on any atom is 0.232 e. The molecule has 0 saturated carbocycles. The summed E-state index contributed by atoms with van der Waals surface area (Å²) in [4.78, 5) is 4.37. The second-order valence-electron chi connectivity index (χ2n) is 4.00. The Balaban J connectivity index is 2.00. The number of nitrogens with zero attached hydrogens (tertiary/aromatic N) is 2. The third-order valence-electron chi connectivity index (χ3n) is 2.75. The van der Waals surface area contributed by atoms with Gasteiger partial charge in [0.2, 0.25) is 5.89 Å². The normalized spacial score (nSPS) is 23.2. The van der Waals surface area contributed by atoms with Crippen molar-refractivity contribution in [2.75, 3.05) is 19.8 Å². The van der Waals surface area contributed by atoms with E-state index < -0.39 is 0 Å². The Morgan fingerprint density at radius 3 is 3.12 bits per heavy atom. The first kappa shape index (κ1) is 11.5. The average Bonchev–Trinajstić information content (AvgIpc) is 2.80. The highest BCUT2D eigenvalue weighted by atomic mass is 16.5. The van der Waals surface area contributed by atoms with Gasteiger partial charge in [-0.1, -0.05) is 5.16 Å². The van der Waals surface area contributed by atoms with Crippen LogP contribution >= 0.6 is 0 Å². The summed E-state index contributed by atoms with van der Waals surface area (Å²) in [6.45, 7) is 6.05. The topological polar surface area (TPSA) is 57.4 Å². The first-order valence-electron chi connectivity index (χ1n) is 5.84. The van der Waals surface area contributed by atoms with E-state index in [0.29, 0.717) is 24.9 Å². The summed E-state index contributed by atoms with van der Waals surface area (Å²) in [6.07, 6.45) is 2.01. The molecule has 0 N–H and O–H groups in total. The Hall–Kier alpha value is -0.940. The van der Waals surface area contributed by atoms with Gasteiger partial charge in [-0.05, 0) is 26.7 Å². The molecule has 2 heterocycles. The van der Waals surface area contributed by atoms with E-state index in [-0.39, 0.29) is 12.0 Å². The van der Waals surface area contributed by atoms with Gasteiger partial charge in [0.25, 0.3) is 0 Å². The molecule has 16 heavy (non-hydrogen) atoms. The molecule has 0 spiro atoms. The summed E-state index contributed by atoms with van der Waals surface area (Å²) in [5.74, 6) is 1.56. The Morgan fingerprint density at radius 1 is 1.56 bits per heavy atom. The number of aromatic nitrogens is 2. The fourth-order valence-corrected chi connectivity index (χ4v) is 1.84. The highest BCUT2D eigenvalue weighted by molar-refractivity contribution is 4.97. The van der Waals surface area contributed by atoms with Gasteiger partial charge < -0.3 is 14.0 Å². The van der Waals surface area contributed by atoms with Crippen LogP contribution in [0.2, 0.25) is 0 Å². The smallest absolute Gasteiger partial charge is 0.232 e. The molecule has 1 saturated heterocycles. The molecule has 5 heteroatoms. The molecule has 0 aromatic carbocycles. The number of hydrogen-bond acceptors (Lipinski definition) is 5. The lowest BCUT2D eigenvalue weighted by Gasteiger charge is -2.18. The maximum atomic E-state index is 5.41. The van der Waals surface area contributed by atoms with Crippen LogP contribution in [0.4, 0.5) is 0 Å². The molecule has 0 bridgehead atoms. The minimum absolute atomic E-state index is 0.105. The summed E-state index contributed by atoms with van der Waals surface area (Å²) < 4.78 is 16.1. The van der Waals surface area contributed by atoms with Crippen LogP contribution in [0.1, 0.15) is 50.4 Å². The average molecular weight is 226 g/mol. The van der Waals surface area contributed by atoms with Gasteiger partial charge in [0.15, 0.2) is 5.82 Å². The van der Waals surface area contributed by atoms with Crippen molar-refractivity contribution in [2.45, 2.75) is 38.7 Å². The van der Waals surface area contributed by atoms with E-state index in [4.69, 9.17) is 14.0 Å². The van der Waals surface area contributed by atoms with Gasteiger partial charge in [-0.25, -0.2) is 0 Å². The third-order valence-corrected chi connectivity index (χ3v) is 2.75. The number of ether oxygens (including phenoxy) is 2. The molecule has 0 unspecified atom stereocenters. The SMILES string of the molecule is CCO[C@H](C)c1noc([C@@H]2CCCOC2)n1. The lowest BCUT2D eigenvalue weighted by atomic mass is 10.0. The van der Waals surface area contributed by atoms with Crippen LogP contribution in [-0.4, -0.2) is 30.0 Å². The van der Waals surface area contributed by atoms with Crippen LogP contribution in [0.3, 0.4) is 0 Å². The summed E-state index contributed by atoms with van der Waals surface area (Å²) >= 11 is 0. The molecule has 0 aliphatic carbocycles. The second kappa shape index (κ2) is 5.41. The van der Waals surface area contributed by atoms with Crippen molar-refractivity contribution >= 4 is 0 Å². The standard InChI is InChI=1S/C11H18N2O3/c1-3-15-8(2)10-12-11(16-13-10)9-5-4-6-14-7-9/h8-9H,3-7H2,1-2H3/t8-,9-/m1/s1. The zero-order valence-electron chi connectivity index (χ0n) is 9.81. The largest absolute Gasteiger partial charge is 0.381 e. The van der Waals surface area contributed by atoms with Crippen molar-refractivity contribution in [3.63, 3.8) is 0 Å². The molecular weight excluding hydrogens is 208 g/mol. The van der Waals surface area contributed by atoms with E-state index >= 15 is 0 Å². The highest BCUT2D eigenvalue weighted by Crippen LogP contribution is 2.25. The van der Waals surface area contributed by atoms with Crippen molar-refractivity contribution in [3.05, 3.63) is 11.7 Å². The Morgan fingerprint density at radius 2 is 2.44 bits per heavy atom. The van der Waals surface area contributed by atoms with Gasteiger partial charge in [-0.2, -0.15) is 4.98 Å². The summed E-state index contributed by atoms with van der Waals surface area (Å²) in [7, 11) is 0. The van der Waals surface area contributed by atoms with Gasteiger partial charge in [0.05, 0.1) is 12.5 Å². The minimum atomic E-state index is -0.105. The molecule has 5 nitrogen and oxygen atoms in total. The molecule has 1 fully saturated rings. The molecule has 0 amide bonds. The predicted molar refractivity (Wildman–Crippen MR) is 57.1 cm³/mol. The summed E-state index contributed by atoms with van der Waals surface area (Å²) in [5, 5.41) is 3.94. The van der Waals surface area contributed by atoms with Gasteiger partial charge in [-0.3, -0.25) is 0 Å². The third kappa shape index (κ3) is 2.59. The van der Waals surface area contributed by atoms with Crippen LogP contribution in [0.15, 0.2) is 4.52 Å². The first-order valence-corrected chi connectivity index (χ1v) is 5.84. The zero-order valence-corrected chi connectivity index (χ0v) is 9.81. The molecule has 1 aromatic heterocycles. The molecule has 90 valence electrons. The molecule has 2 rings (SSSR count). The van der Waals surface area contributed by atoms with Crippen molar-refractivity contribution in [1.29, 1.82) is 0 Å². The van der Waals surface area contributed by atoms with Gasteiger partial charge >= 0.3 is 0 Å². The fraction of sp³-hybridized carbons (Fsp3) is 0.818. The monoisotopic (exact) mass is 226 g/mol. The van der Waals surface area contributed by atoms with Crippen molar-refractivity contribution in [2.24, 2.45) is 0 Å². The predicted octanol–water partition coefficient (Wildman–Crippen LogP) is 2.06. The van der Waals surface area contributed by atoms with Crippen LogP contribution in [0, 0.1) is 0 Å². The van der Waals surface area contributed by atoms with E-state index in [1.54, 1.807) is 0 Å². The molecule has 1 aliphatic heterocycles. The van der Waals surface area contributed by atoms with Crippen LogP contribution < -0.4 is 0 Å². The Bertz CT molecular complexity index is 321. The van der Waals surface area contributed by atoms with E-state index in [1.165, 1.54) is 0 Å². The summed E-state index contributed by atoms with van der Waals surface area (Å²) in [5.41, 5.74) is 0. The quantitative estimate of drug-likeness (QED) is 0.786. The highest BCUT2D eigenvalue weighted by Gasteiger charge is 2.23. The fourth-order valence-electron chi connectivity index (χ4n) is 1.84. The van der Waals surface area contributed by atoms with E-state index in [1.807, 2.05) is 13.8 Å². The number of hydrogen-bond donors (Lipinski definition) is 0. The summed E-state index contributed by atoms with van der Waals surface area (Å²) in [6, 6.07) is 0. The van der Waals surface area contributed by atoms with Crippen molar-refractivity contribution in [1.82, 2.24) is 10.1 Å². The lowest BCUT2D eigenvalue weighted by Crippen LogP contribution is -2.15. The van der Waals surface area contributed by atoms with Crippen LogP contribution in [-0.2, 0) is 9.47 Å². The molecular formula is C11H18N2O3. The zero-order chi connectivity index (χ0) is 11.4. The Labute approximate surface area is 95.1 Å². The Kier molecular flexibility index (Phi) is 3.90. The second-order valence-corrected chi connectivity index (χ2v) is 4.00. The van der Waals surface area contributed by atoms with Crippen LogP contribution in [0.25, 0.3) is 0 Å².